The molecule has 0 N–H and O–H groups in total. The maximum atomic E-state index is 11.9. The molecule has 22 heavy (non-hydrogen) atoms. The predicted octanol–water partition coefficient (Wildman–Crippen LogP) is 2.41. The van der Waals surface area contributed by atoms with Gasteiger partial charge in [-0.15, -0.1) is 0 Å². The highest BCUT2D eigenvalue weighted by Gasteiger charge is 2.14. The summed E-state index contributed by atoms with van der Waals surface area (Å²) in [5.74, 6) is -0.111. The zero-order valence-electron chi connectivity index (χ0n) is 11.9. The summed E-state index contributed by atoms with van der Waals surface area (Å²) in [5.41, 5.74) is 1.45. The van der Waals surface area contributed by atoms with Crippen LogP contribution in [-0.2, 0) is 6.61 Å². The first-order chi connectivity index (χ1) is 10.8. The average Bonchev–Trinajstić information content (AvgIpc) is 2.94. The van der Waals surface area contributed by atoms with Gasteiger partial charge in [0.2, 0.25) is 0 Å². The van der Waals surface area contributed by atoms with E-state index in [4.69, 9.17) is 13.9 Å². The van der Waals surface area contributed by atoms with Gasteiger partial charge in [-0.05, 0) is 17.7 Å². The first kappa shape index (κ1) is 13.9. The largest absolute Gasteiger partial charge is 0.494 e. The quantitative estimate of drug-likeness (QED) is 0.723. The first-order valence-electron chi connectivity index (χ1n) is 6.68. The minimum atomic E-state index is -0.632. The normalized spacial score (nSPS) is 10.4. The van der Waals surface area contributed by atoms with Crippen LogP contribution < -0.4 is 15.2 Å². The smallest absolute Gasteiger partial charge is 0.444 e. The van der Waals surface area contributed by atoms with Crippen LogP contribution in [0.4, 0.5) is 0 Å². The van der Waals surface area contributed by atoms with Crippen molar-refractivity contribution in [2.24, 2.45) is 0 Å². The molecule has 0 radical (unpaired) electrons. The Morgan fingerprint density at radius 2 is 1.82 bits per heavy atom. The van der Waals surface area contributed by atoms with Gasteiger partial charge in [-0.2, -0.15) is 4.68 Å². The van der Waals surface area contributed by atoms with Crippen LogP contribution in [0.25, 0.3) is 5.69 Å². The van der Waals surface area contributed by atoms with Gasteiger partial charge < -0.3 is 13.9 Å². The van der Waals surface area contributed by atoms with Gasteiger partial charge >= 0.3 is 11.8 Å². The lowest BCUT2D eigenvalue weighted by atomic mass is 10.2. The van der Waals surface area contributed by atoms with Crippen LogP contribution >= 0.6 is 0 Å². The molecular weight excluding hydrogens is 284 g/mol. The molecule has 1 heterocycles. The Morgan fingerprint density at radius 1 is 1.09 bits per heavy atom. The van der Waals surface area contributed by atoms with Gasteiger partial charge in [-0.25, -0.2) is 4.79 Å². The van der Waals surface area contributed by atoms with Gasteiger partial charge in [0.1, 0.15) is 18.0 Å². The highest BCUT2D eigenvalue weighted by atomic mass is 16.6. The number of nitrogens with zero attached hydrogens (tertiary/aromatic N) is 2. The van der Waals surface area contributed by atoms with Crippen LogP contribution in [0.1, 0.15) is 5.56 Å². The Morgan fingerprint density at radius 3 is 2.59 bits per heavy atom. The summed E-state index contributed by atoms with van der Waals surface area (Å²) in [6.07, 6.45) is -0.0836. The summed E-state index contributed by atoms with van der Waals surface area (Å²) >= 11 is 0. The van der Waals surface area contributed by atoms with Crippen molar-refractivity contribution in [1.82, 2.24) is 9.78 Å². The highest BCUT2D eigenvalue weighted by molar-refractivity contribution is 5.45. The Hall–Kier alpha value is -3.02. The molecule has 0 bridgehead atoms. The van der Waals surface area contributed by atoms with E-state index in [9.17, 15) is 4.79 Å². The molecule has 6 heteroatoms. The number of methoxy groups -OCH3 is 1. The topological polar surface area (TPSA) is 66.5 Å². The Bertz CT molecular complexity index is 808. The van der Waals surface area contributed by atoms with E-state index in [0.717, 1.165) is 10.2 Å². The molecule has 0 fully saturated rings. The molecule has 0 aliphatic carbocycles. The molecule has 3 rings (SSSR count). The van der Waals surface area contributed by atoms with E-state index in [-0.39, 0.29) is 12.7 Å². The van der Waals surface area contributed by atoms with Crippen LogP contribution in [0.2, 0.25) is 0 Å². The number of hydrogen-bond donors (Lipinski definition) is 0. The lowest BCUT2D eigenvalue weighted by molar-refractivity contribution is 0.215. The molecule has 2 aromatic carbocycles. The van der Waals surface area contributed by atoms with Gasteiger partial charge in [0.25, 0.3) is 0 Å². The minimum Gasteiger partial charge on any atom is -0.494 e. The molecule has 6 nitrogen and oxygen atoms in total. The van der Waals surface area contributed by atoms with Gasteiger partial charge in [0, 0.05) is 0 Å². The third-order valence-corrected chi connectivity index (χ3v) is 3.05. The molecule has 0 unspecified atom stereocenters. The monoisotopic (exact) mass is 298 g/mol. The zero-order valence-corrected chi connectivity index (χ0v) is 11.9. The highest BCUT2D eigenvalue weighted by Crippen LogP contribution is 2.21. The lowest BCUT2D eigenvalue weighted by Gasteiger charge is -2.05. The van der Waals surface area contributed by atoms with Crippen molar-refractivity contribution in [3.05, 3.63) is 70.7 Å². The van der Waals surface area contributed by atoms with E-state index in [1.165, 1.54) is 7.11 Å². The van der Waals surface area contributed by atoms with Gasteiger partial charge in [-0.1, -0.05) is 47.6 Å². The maximum absolute atomic E-state index is 11.9. The van der Waals surface area contributed by atoms with Crippen molar-refractivity contribution in [3.63, 3.8) is 0 Å². The van der Waals surface area contributed by atoms with Crippen LogP contribution in [0.3, 0.4) is 0 Å². The summed E-state index contributed by atoms with van der Waals surface area (Å²) in [6.45, 7) is 0.271. The Kier molecular flexibility index (Phi) is 3.91. The van der Waals surface area contributed by atoms with Gasteiger partial charge in [-0.3, -0.25) is 0 Å². The molecule has 0 spiro atoms. The molecule has 0 aliphatic heterocycles. The number of ether oxygens (including phenoxy) is 2. The van der Waals surface area contributed by atoms with Crippen molar-refractivity contribution in [1.29, 1.82) is 0 Å². The Balaban J connectivity index is 1.83. The van der Waals surface area contributed by atoms with Crippen molar-refractivity contribution < 1.29 is 13.9 Å². The number of benzene rings is 2. The predicted molar refractivity (Wildman–Crippen MR) is 79.4 cm³/mol. The second kappa shape index (κ2) is 6.17. The van der Waals surface area contributed by atoms with Crippen molar-refractivity contribution >= 4 is 0 Å². The molecule has 0 aliphatic rings. The third kappa shape index (κ3) is 2.85. The number of para-hydroxylation sites is 2. The maximum Gasteiger partial charge on any atom is 0.444 e. The first-order valence-corrected chi connectivity index (χ1v) is 6.68. The van der Waals surface area contributed by atoms with Crippen molar-refractivity contribution in [2.75, 3.05) is 7.11 Å². The third-order valence-electron chi connectivity index (χ3n) is 3.05. The standard InChI is InChI=1S/C16H14N2O4/c1-20-14-10-6-5-9-13(14)18-16(19)22-15(17-18)21-11-12-7-3-2-4-8-12/h2-10H,11H2,1H3. The molecule has 3 aromatic rings. The molecule has 112 valence electrons. The van der Waals surface area contributed by atoms with Crippen LogP contribution in [0, 0.1) is 0 Å². The van der Waals surface area contributed by atoms with Gasteiger partial charge in [0.05, 0.1) is 7.11 Å². The van der Waals surface area contributed by atoms with Crippen LogP contribution in [0.5, 0.6) is 11.8 Å². The second-order valence-electron chi connectivity index (χ2n) is 4.49. The van der Waals surface area contributed by atoms with Crippen molar-refractivity contribution in [2.45, 2.75) is 6.61 Å². The summed E-state index contributed by atoms with van der Waals surface area (Å²) in [5, 5.41) is 4.04. The minimum absolute atomic E-state index is 0.0836. The van der Waals surface area contributed by atoms with E-state index in [2.05, 4.69) is 5.10 Å². The molecule has 0 saturated heterocycles. The second-order valence-corrected chi connectivity index (χ2v) is 4.49. The summed E-state index contributed by atoms with van der Waals surface area (Å²) in [7, 11) is 1.52. The molecule has 0 amide bonds. The SMILES string of the molecule is COc1ccccc1-n1nc(OCc2ccccc2)oc1=O. The number of aromatic nitrogens is 2. The molecule has 0 saturated carbocycles. The van der Waals surface area contributed by atoms with E-state index < -0.39 is 5.76 Å². The van der Waals surface area contributed by atoms with E-state index in [1.54, 1.807) is 24.3 Å². The number of hydrogen-bond acceptors (Lipinski definition) is 5. The fraction of sp³-hybridized carbons (Fsp3) is 0.125. The molecule has 0 atom stereocenters. The fourth-order valence-electron chi connectivity index (χ4n) is 2.00. The van der Waals surface area contributed by atoms with E-state index >= 15 is 0 Å². The summed E-state index contributed by atoms with van der Waals surface area (Å²) < 4.78 is 16.7. The average molecular weight is 298 g/mol. The lowest BCUT2D eigenvalue weighted by Crippen LogP contribution is -2.14. The van der Waals surface area contributed by atoms with Crippen LogP contribution in [-0.4, -0.2) is 16.9 Å². The number of rotatable bonds is 5. The Labute approximate surface area is 126 Å². The zero-order chi connectivity index (χ0) is 15.4. The fourth-order valence-corrected chi connectivity index (χ4v) is 2.00. The van der Waals surface area contributed by atoms with E-state index in [0.29, 0.717) is 11.4 Å². The summed E-state index contributed by atoms with van der Waals surface area (Å²) in [6, 6.07) is 16.6. The molecular formula is C16H14N2O4. The summed E-state index contributed by atoms with van der Waals surface area (Å²) in [4.78, 5) is 11.9. The van der Waals surface area contributed by atoms with Gasteiger partial charge in [0.15, 0.2) is 0 Å². The van der Waals surface area contributed by atoms with E-state index in [1.807, 2.05) is 30.3 Å². The van der Waals surface area contributed by atoms with Crippen molar-refractivity contribution in [3.8, 4) is 17.5 Å². The molecule has 1 aromatic heterocycles. The van der Waals surface area contributed by atoms with Crippen LogP contribution in [0.15, 0.2) is 63.8 Å².